The molecule has 5 rings (SSSR count). The molecule has 35 heavy (non-hydrogen) atoms. The van der Waals surface area contributed by atoms with Crippen LogP contribution < -0.4 is 4.90 Å². The molecule has 184 valence electrons. The summed E-state index contributed by atoms with van der Waals surface area (Å²) in [6, 6.07) is 13.3. The number of rotatable bonds is 7. The van der Waals surface area contributed by atoms with Gasteiger partial charge < -0.3 is 23.8 Å². The van der Waals surface area contributed by atoms with E-state index >= 15 is 0 Å². The molecular formula is C26H27ClFN3O4. The van der Waals surface area contributed by atoms with Gasteiger partial charge in [0.2, 0.25) is 5.88 Å². The Labute approximate surface area is 208 Å². The number of morpholine rings is 1. The Balaban J connectivity index is 1.53. The van der Waals surface area contributed by atoms with Crippen molar-refractivity contribution in [1.29, 1.82) is 0 Å². The Morgan fingerprint density at radius 1 is 1.11 bits per heavy atom. The smallest absolute Gasteiger partial charge is 0.254 e. The second-order valence-electron chi connectivity index (χ2n) is 8.72. The van der Waals surface area contributed by atoms with Crippen LogP contribution in [-0.2, 0) is 16.0 Å². The van der Waals surface area contributed by atoms with Gasteiger partial charge in [-0.1, -0.05) is 28.9 Å². The van der Waals surface area contributed by atoms with E-state index in [4.69, 9.17) is 25.6 Å². The van der Waals surface area contributed by atoms with E-state index in [9.17, 15) is 9.18 Å². The number of aromatic nitrogens is 1. The van der Waals surface area contributed by atoms with Crippen molar-refractivity contribution in [2.24, 2.45) is 0 Å². The van der Waals surface area contributed by atoms with Gasteiger partial charge in [-0.05, 0) is 49.2 Å². The van der Waals surface area contributed by atoms with E-state index in [1.807, 2.05) is 4.90 Å². The molecule has 2 aliphatic heterocycles. The van der Waals surface area contributed by atoms with Crippen LogP contribution in [0.1, 0.15) is 28.8 Å². The van der Waals surface area contributed by atoms with E-state index in [2.05, 4.69) is 5.16 Å². The number of amides is 1. The van der Waals surface area contributed by atoms with Crippen molar-refractivity contribution < 1.29 is 23.2 Å². The van der Waals surface area contributed by atoms with Gasteiger partial charge in [-0.25, -0.2) is 4.39 Å². The minimum atomic E-state index is -0.398. The number of benzene rings is 2. The molecule has 2 aromatic carbocycles. The van der Waals surface area contributed by atoms with Crippen LogP contribution >= 0.6 is 11.6 Å². The molecule has 0 N–H and O–H groups in total. The number of hydrogen-bond acceptors (Lipinski definition) is 6. The van der Waals surface area contributed by atoms with Crippen LogP contribution in [-0.4, -0.2) is 61.5 Å². The first-order valence-electron chi connectivity index (χ1n) is 11.8. The second kappa shape index (κ2) is 10.8. The van der Waals surface area contributed by atoms with Gasteiger partial charge in [0.25, 0.3) is 5.91 Å². The largest absolute Gasteiger partial charge is 0.378 e. The summed E-state index contributed by atoms with van der Waals surface area (Å²) in [5, 5.41) is 4.82. The van der Waals surface area contributed by atoms with Gasteiger partial charge in [0.1, 0.15) is 11.5 Å². The first kappa shape index (κ1) is 23.8. The number of hydrogen-bond donors (Lipinski definition) is 0. The standard InChI is InChI=1S/C26H27ClFN3O4/c27-19-9-7-18(8-10-19)25(32)31(16-20-4-3-13-34-20)17-22-24(21-5-1-2-6-23(21)28)29-35-26(22)30-11-14-33-15-12-30/h1-2,5-10,20H,3-4,11-17H2. The van der Waals surface area contributed by atoms with Crippen molar-refractivity contribution in [2.45, 2.75) is 25.5 Å². The molecule has 1 unspecified atom stereocenters. The molecule has 0 saturated carbocycles. The highest BCUT2D eigenvalue weighted by atomic mass is 35.5. The zero-order valence-electron chi connectivity index (χ0n) is 19.3. The van der Waals surface area contributed by atoms with Crippen LogP contribution in [0.2, 0.25) is 5.02 Å². The first-order chi connectivity index (χ1) is 17.1. The van der Waals surface area contributed by atoms with Crippen LogP contribution in [0.5, 0.6) is 0 Å². The predicted octanol–water partition coefficient (Wildman–Crippen LogP) is 4.79. The summed E-state index contributed by atoms with van der Waals surface area (Å²) >= 11 is 6.04. The number of carbonyl (C=O) groups is 1. The molecule has 2 fully saturated rings. The summed E-state index contributed by atoms with van der Waals surface area (Å²) in [6.07, 6.45) is 1.78. The van der Waals surface area contributed by atoms with Gasteiger partial charge in [-0.15, -0.1) is 0 Å². The van der Waals surface area contributed by atoms with E-state index in [0.717, 1.165) is 12.8 Å². The molecule has 0 radical (unpaired) electrons. The van der Waals surface area contributed by atoms with Crippen molar-refractivity contribution in [1.82, 2.24) is 10.1 Å². The van der Waals surface area contributed by atoms with Crippen LogP contribution in [0.3, 0.4) is 0 Å². The van der Waals surface area contributed by atoms with Crippen LogP contribution in [0.25, 0.3) is 11.3 Å². The third-order valence-corrected chi connectivity index (χ3v) is 6.62. The Hall–Kier alpha value is -2.94. The van der Waals surface area contributed by atoms with Crippen molar-refractivity contribution in [3.8, 4) is 11.3 Å². The van der Waals surface area contributed by atoms with Gasteiger partial charge in [-0.3, -0.25) is 4.79 Å². The average Bonchev–Trinajstić information content (AvgIpc) is 3.55. The van der Waals surface area contributed by atoms with Gasteiger partial charge in [-0.2, -0.15) is 0 Å². The Morgan fingerprint density at radius 2 is 1.89 bits per heavy atom. The Bertz CT molecular complexity index is 1160. The normalized spacial score (nSPS) is 18.1. The monoisotopic (exact) mass is 499 g/mol. The SMILES string of the molecule is O=C(c1ccc(Cl)cc1)N(Cc1c(-c2ccccc2F)noc1N1CCOCC1)CC1CCCO1. The fourth-order valence-corrected chi connectivity index (χ4v) is 4.67. The summed E-state index contributed by atoms with van der Waals surface area (Å²) in [6.45, 7) is 3.63. The van der Waals surface area contributed by atoms with E-state index in [1.54, 1.807) is 47.4 Å². The maximum Gasteiger partial charge on any atom is 0.254 e. The molecule has 9 heteroatoms. The van der Waals surface area contributed by atoms with Gasteiger partial charge in [0, 0.05) is 42.4 Å². The van der Waals surface area contributed by atoms with Crippen molar-refractivity contribution >= 4 is 23.4 Å². The van der Waals surface area contributed by atoms with E-state index < -0.39 is 5.82 Å². The zero-order valence-corrected chi connectivity index (χ0v) is 20.0. The lowest BCUT2D eigenvalue weighted by molar-refractivity contribution is 0.0507. The van der Waals surface area contributed by atoms with Crippen molar-refractivity contribution in [3.63, 3.8) is 0 Å². The number of ether oxygens (including phenoxy) is 2. The summed E-state index contributed by atoms with van der Waals surface area (Å²) in [5.74, 6) is -0.0242. The summed E-state index contributed by atoms with van der Waals surface area (Å²) in [4.78, 5) is 17.4. The molecule has 3 aromatic rings. The lowest BCUT2D eigenvalue weighted by atomic mass is 10.0. The number of halogens is 2. The highest BCUT2D eigenvalue weighted by molar-refractivity contribution is 6.30. The molecule has 1 amide bonds. The lowest BCUT2D eigenvalue weighted by Gasteiger charge is -2.29. The number of carbonyl (C=O) groups excluding carboxylic acids is 1. The molecule has 2 aliphatic rings. The highest BCUT2D eigenvalue weighted by Crippen LogP contribution is 2.35. The molecule has 0 spiro atoms. The molecule has 1 atom stereocenters. The third-order valence-electron chi connectivity index (χ3n) is 6.37. The number of nitrogens with zero attached hydrogens (tertiary/aromatic N) is 3. The minimum Gasteiger partial charge on any atom is -0.378 e. The predicted molar refractivity (Wildman–Crippen MR) is 130 cm³/mol. The second-order valence-corrected chi connectivity index (χ2v) is 9.16. The maximum absolute atomic E-state index is 14.8. The fourth-order valence-electron chi connectivity index (χ4n) is 4.54. The topological polar surface area (TPSA) is 68.0 Å². The van der Waals surface area contributed by atoms with Gasteiger partial charge >= 0.3 is 0 Å². The molecular weight excluding hydrogens is 473 g/mol. The molecule has 7 nitrogen and oxygen atoms in total. The van der Waals surface area contributed by atoms with Crippen LogP contribution in [0.15, 0.2) is 53.1 Å². The van der Waals surface area contributed by atoms with Crippen LogP contribution in [0.4, 0.5) is 10.3 Å². The summed E-state index contributed by atoms with van der Waals surface area (Å²) in [5.41, 5.74) is 1.91. The van der Waals surface area contributed by atoms with Crippen molar-refractivity contribution in [2.75, 3.05) is 44.4 Å². The molecule has 3 heterocycles. The molecule has 0 aliphatic carbocycles. The fraction of sp³-hybridized carbons (Fsp3) is 0.385. The maximum atomic E-state index is 14.8. The van der Waals surface area contributed by atoms with E-state index in [1.165, 1.54) is 6.07 Å². The number of anilines is 1. The average molecular weight is 500 g/mol. The third kappa shape index (κ3) is 5.34. The van der Waals surface area contributed by atoms with Gasteiger partial charge in [0.05, 0.1) is 31.4 Å². The van der Waals surface area contributed by atoms with Gasteiger partial charge in [0.15, 0.2) is 0 Å². The molecule has 2 saturated heterocycles. The van der Waals surface area contributed by atoms with E-state index in [0.29, 0.717) is 72.7 Å². The molecule has 0 bridgehead atoms. The van der Waals surface area contributed by atoms with Crippen molar-refractivity contribution in [3.05, 3.63) is 70.5 Å². The van der Waals surface area contributed by atoms with E-state index in [-0.39, 0.29) is 18.6 Å². The first-order valence-corrected chi connectivity index (χ1v) is 12.2. The zero-order chi connectivity index (χ0) is 24.2. The quantitative estimate of drug-likeness (QED) is 0.465. The molecule has 1 aromatic heterocycles. The van der Waals surface area contributed by atoms with Crippen LogP contribution in [0, 0.1) is 5.82 Å². The summed E-state index contributed by atoms with van der Waals surface area (Å²) in [7, 11) is 0. The summed E-state index contributed by atoms with van der Waals surface area (Å²) < 4.78 is 31.9. The highest BCUT2D eigenvalue weighted by Gasteiger charge is 2.30. The lowest BCUT2D eigenvalue weighted by Crippen LogP contribution is -2.39. The Morgan fingerprint density at radius 3 is 2.60 bits per heavy atom. The minimum absolute atomic E-state index is 0.0603. The Kier molecular flexibility index (Phi) is 7.32.